The summed E-state index contributed by atoms with van der Waals surface area (Å²) < 4.78 is 0. The van der Waals surface area contributed by atoms with Crippen molar-refractivity contribution < 1.29 is 19.8 Å². The quantitative estimate of drug-likeness (QED) is 0.781. The highest BCUT2D eigenvalue weighted by Crippen LogP contribution is 2.32. The third kappa shape index (κ3) is 2.13. The Hall–Kier alpha value is -1.75. The van der Waals surface area contributed by atoms with Crippen LogP contribution in [-0.4, -0.2) is 27.6 Å². The van der Waals surface area contributed by atoms with Gasteiger partial charge in [-0.15, -0.1) is 0 Å². The van der Waals surface area contributed by atoms with Gasteiger partial charge in [0, 0.05) is 5.56 Å². The van der Waals surface area contributed by atoms with Crippen molar-refractivity contribution in [1.29, 1.82) is 0 Å². The summed E-state index contributed by atoms with van der Waals surface area (Å²) >= 11 is 5.69. The lowest BCUT2D eigenvalue weighted by Gasteiger charge is -2.38. The maximum atomic E-state index is 11.9. The molecule has 0 aromatic heterocycles. The van der Waals surface area contributed by atoms with Crippen molar-refractivity contribution in [3.05, 3.63) is 28.8 Å². The predicted molar refractivity (Wildman–Crippen MR) is 64.8 cm³/mol. The lowest BCUT2D eigenvalue weighted by atomic mass is 9.76. The minimum Gasteiger partial charge on any atom is -0.506 e. The molecule has 1 fully saturated rings. The molecule has 3 N–H and O–H groups in total. The SMILES string of the molecule is O=C(NC1(C(=O)O)CCC1)c1ccc(O)c(Cl)c1. The van der Waals surface area contributed by atoms with Crippen molar-refractivity contribution in [2.45, 2.75) is 24.8 Å². The Balaban J connectivity index is 2.17. The summed E-state index contributed by atoms with van der Waals surface area (Å²) in [4.78, 5) is 23.0. The number of nitrogens with one attached hydrogen (secondary N) is 1. The van der Waals surface area contributed by atoms with Crippen LogP contribution in [0, 0.1) is 0 Å². The first-order valence-corrected chi connectivity index (χ1v) is 5.87. The van der Waals surface area contributed by atoms with Crippen LogP contribution in [-0.2, 0) is 4.79 Å². The van der Waals surface area contributed by atoms with E-state index >= 15 is 0 Å². The van der Waals surface area contributed by atoms with Gasteiger partial charge in [-0.05, 0) is 37.5 Å². The summed E-state index contributed by atoms with van der Waals surface area (Å²) in [7, 11) is 0. The summed E-state index contributed by atoms with van der Waals surface area (Å²) in [6, 6.07) is 4.00. The number of aromatic hydroxyl groups is 1. The molecule has 0 spiro atoms. The Morgan fingerprint density at radius 1 is 1.33 bits per heavy atom. The highest BCUT2D eigenvalue weighted by molar-refractivity contribution is 6.32. The molecule has 1 aromatic carbocycles. The second-order valence-electron chi connectivity index (χ2n) is 4.36. The lowest BCUT2D eigenvalue weighted by Crippen LogP contribution is -2.59. The van der Waals surface area contributed by atoms with Gasteiger partial charge in [0.05, 0.1) is 5.02 Å². The maximum Gasteiger partial charge on any atom is 0.329 e. The molecule has 1 aliphatic carbocycles. The van der Waals surface area contributed by atoms with Crippen LogP contribution < -0.4 is 5.32 Å². The number of halogens is 1. The van der Waals surface area contributed by atoms with E-state index in [1.807, 2.05) is 0 Å². The van der Waals surface area contributed by atoms with Gasteiger partial charge >= 0.3 is 5.97 Å². The van der Waals surface area contributed by atoms with E-state index in [9.17, 15) is 14.7 Å². The van der Waals surface area contributed by atoms with Gasteiger partial charge in [0.2, 0.25) is 0 Å². The summed E-state index contributed by atoms with van der Waals surface area (Å²) in [5, 5.41) is 20.9. The number of amides is 1. The number of benzene rings is 1. The van der Waals surface area contributed by atoms with Gasteiger partial charge in [0.1, 0.15) is 11.3 Å². The molecule has 0 unspecified atom stereocenters. The maximum absolute atomic E-state index is 11.9. The number of carboxylic acid groups (broad SMARTS) is 1. The number of carboxylic acids is 1. The van der Waals surface area contributed by atoms with Crippen molar-refractivity contribution in [2.24, 2.45) is 0 Å². The largest absolute Gasteiger partial charge is 0.506 e. The molecule has 1 saturated carbocycles. The Bertz CT molecular complexity index is 511. The van der Waals surface area contributed by atoms with E-state index in [4.69, 9.17) is 16.7 Å². The molecule has 1 amide bonds. The van der Waals surface area contributed by atoms with Crippen LogP contribution in [0.5, 0.6) is 5.75 Å². The number of carbonyl (C=O) groups excluding carboxylic acids is 1. The molecule has 18 heavy (non-hydrogen) atoms. The average Bonchev–Trinajstić information content (AvgIpc) is 2.26. The molecule has 0 heterocycles. The smallest absolute Gasteiger partial charge is 0.329 e. The Morgan fingerprint density at radius 3 is 2.44 bits per heavy atom. The molecule has 1 aromatic rings. The van der Waals surface area contributed by atoms with E-state index in [2.05, 4.69) is 5.32 Å². The number of aliphatic carboxylic acids is 1. The Labute approximate surface area is 108 Å². The molecule has 96 valence electrons. The molecule has 0 atom stereocenters. The molecule has 1 aliphatic rings. The van der Waals surface area contributed by atoms with Crippen molar-refractivity contribution in [3.63, 3.8) is 0 Å². The molecular weight excluding hydrogens is 258 g/mol. The Morgan fingerprint density at radius 2 is 2.00 bits per heavy atom. The lowest BCUT2D eigenvalue weighted by molar-refractivity contribution is -0.148. The predicted octanol–water partition coefficient (Wildman–Crippen LogP) is 1.78. The molecule has 0 aliphatic heterocycles. The summed E-state index contributed by atoms with van der Waals surface area (Å²) in [6.45, 7) is 0. The highest BCUT2D eigenvalue weighted by Gasteiger charge is 2.45. The van der Waals surface area contributed by atoms with Crippen LogP contribution in [0.1, 0.15) is 29.6 Å². The van der Waals surface area contributed by atoms with Gasteiger partial charge in [-0.1, -0.05) is 11.6 Å². The van der Waals surface area contributed by atoms with Crippen molar-refractivity contribution in [3.8, 4) is 5.75 Å². The summed E-state index contributed by atoms with van der Waals surface area (Å²) in [6.07, 6.45) is 1.64. The minimum absolute atomic E-state index is 0.0561. The van der Waals surface area contributed by atoms with E-state index in [0.717, 1.165) is 6.42 Å². The van der Waals surface area contributed by atoms with Gasteiger partial charge in [-0.2, -0.15) is 0 Å². The van der Waals surface area contributed by atoms with Crippen LogP contribution in [0.2, 0.25) is 5.02 Å². The van der Waals surface area contributed by atoms with E-state index in [-0.39, 0.29) is 16.3 Å². The zero-order chi connectivity index (χ0) is 13.3. The van der Waals surface area contributed by atoms with Crippen LogP contribution in [0.15, 0.2) is 18.2 Å². The number of hydrogen-bond donors (Lipinski definition) is 3. The minimum atomic E-state index is -1.15. The van der Waals surface area contributed by atoms with E-state index in [1.54, 1.807) is 0 Å². The van der Waals surface area contributed by atoms with Gasteiger partial charge in [-0.3, -0.25) is 4.79 Å². The van der Waals surface area contributed by atoms with E-state index in [0.29, 0.717) is 12.8 Å². The van der Waals surface area contributed by atoms with Gasteiger partial charge < -0.3 is 15.5 Å². The standard InChI is InChI=1S/C12H12ClNO4/c13-8-6-7(2-3-9(8)15)10(16)14-12(11(17)18)4-1-5-12/h2-3,6,15H,1,4-5H2,(H,14,16)(H,17,18). The molecule has 0 saturated heterocycles. The fourth-order valence-corrected chi connectivity index (χ4v) is 2.04. The zero-order valence-electron chi connectivity index (χ0n) is 9.44. The molecule has 6 heteroatoms. The number of rotatable bonds is 3. The van der Waals surface area contributed by atoms with Crippen molar-refractivity contribution in [1.82, 2.24) is 5.32 Å². The van der Waals surface area contributed by atoms with Crippen LogP contribution in [0.4, 0.5) is 0 Å². The van der Waals surface area contributed by atoms with Crippen molar-refractivity contribution >= 4 is 23.5 Å². The normalized spacial score (nSPS) is 16.7. The fourth-order valence-electron chi connectivity index (χ4n) is 1.86. The number of phenols is 1. The van der Waals surface area contributed by atoms with E-state index in [1.165, 1.54) is 18.2 Å². The molecule has 5 nitrogen and oxygen atoms in total. The zero-order valence-corrected chi connectivity index (χ0v) is 10.2. The summed E-state index contributed by atoms with van der Waals surface area (Å²) in [5.74, 6) is -1.64. The second-order valence-corrected chi connectivity index (χ2v) is 4.77. The second kappa shape index (κ2) is 4.49. The first kappa shape index (κ1) is 12.7. The monoisotopic (exact) mass is 269 g/mol. The number of carbonyl (C=O) groups is 2. The molecule has 0 radical (unpaired) electrons. The fraction of sp³-hybridized carbons (Fsp3) is 0.333. The Kier molecular flexibility index (Phi) is 3.17. The highest BCUT2D eigenvalue weighted by atomic mass is 35.5. The summed E-state index contributed by atoms with van der Waals surface area (Å²) in [5.41, 5.74) is -0.924. The molecular formula is C12H12ClNO4. The number of hydrogen-bond acceptors (Lipinski definition) is 3. The van der Waals surface area contributed by atoms with Gasteiger partial charge in [0.25, 0.3) is 5.91 Å². The third-order valence-corrected chi connectivity index (χ3v) is 3.48. The first-order valence-electron chi connectivity index (χ1n) is 5.49. The topological polar surface area (TPSA) is 86.6 Å². The van der Waals surface area contributed by atoms with Crippen LogP contribution in [0.25, 0.3) is 0 Å². The average molecular weight is 270 g/mol. The van der Waals surface area contributed by atoms with E-state index < -0.39 is 17.4 Å². The van der Waals surface area contributed by atoms with Gasteiger partial charge in [0.15, 0.2) is 0 Å². The third-order valence-electron chi connectivity index (χ3n) is 3.18. The van der Waals surface area contributed by atoms with Crippen molar-refractivity contribution in [2.75, 3.05) is 0 Å². The van der Waals surface area contributed by atoms with Crippen LogP contribution >= 0.6 is 11.6 Å². The van der Waals surface area contributed by atoms with Crippen LogP contribution in [0.3, 0.4) is 0 Å². The number of phenolic OH excluding ortho intramolecular Hbond substituents is 1. The first-order chi connectivity index (χ1) is 8.44. The molecule has 0 bridgehead atoms. The molecule has 2 rings (SSSR count). The van der Waals surface area contributed by atoms with Gasteiger partial charge in [-0.25, -0.2) is 4.79 Å².